The smallest absolute Gasteiger partial charge is 0.375 e. The molecular formula is C10H9BrN2O4S. The monoisotopic (exact) mass is 332 g/mol. The Hall–Kier alpha value is -1.41. The lowest BCUT2D eigenvalue weighted by Gasteiger charge is -2.17. The van der Waals surface area contributed by atoms with Crippen molar-refractivity contribution in [1.29, 1.82) is 0 Å². The molecule has 0 aromatic heterocycles. The number of sulfonamides is 1. The molecule has 0 spiro atoms. The molecular weight excluding hydrogens is 324 g/mol. The molecule has 0 fully saturated rings. The number of amidine groups is 1. The molecule has 0 saturated heterocycles. The standard InChI is InChI=1S/C10H9BrN2O4S/c1-2-17-10(14)9-12-7-4-3-6(11)5-8(7)18(15,16)13-9/h3-5H,2H2,1H3,(H,12,13). The highest BCUT2D eigenvalue weighted by molar-refractivity contribution is 9.10. The number of hydrogen-bond acceptors (Lipinski definition) is 5. The van der Waals surface area contributed by atoms with Crippen molar-refractivity contribution in [2.75, 3.05) is 11.9 Å². The van der Waals surface area contributed by atoms with E-state index in [1.165, 1.54) is 6.07 Å². The van der Waals surface area contributed by atoms with Crippen LogP contribution >= 0.6 is 15.9 Å². The Morgan fingerprint density at radius 3 is 2.89 bits per heavy atom. The van der Waals surface area contributed by atoms with Crippen LogP contribution in [0.4, 0.5) is 5.69 Å². The van der Waals surface area contributed by atoms with Crippen LogP contribution in [0.3, 0.4) is 0 Å². The quantitative estimate of drug-likeness (QED) is 0.830. The molecule has 0 aliphatic carbocycles. The third kappa shape index (κ3) is 2.39. The summed E-state index contributed by atoms with van der Waals surface area (Å²) >= 11 is 3.18. The summed E-state index contributed by atoms with van der Waals surface area (Å²) in [5.41, 5.74) is 0.302. The van der Waals surface area contributed by atoms with Crippen LogP contribution in [-0.4, -0.2) is 26.8 Å². The number of fused-ring (bicyclic) bond motifs is 1. The van der Waals surface area contributed by atoms with Gasteiger partial charge in [0.25, 0.3) is 10.0 Å². The molecule has 2 rings (SSSR count). The zero-order valence-electron chi connectivity index (χ0n) is 9.31. The van der Waals surface area contributed by atoms with Gasteiger partial charge in [-0.2, -0.15) is 8.42 Å². The molecule has 6 nitrogen and oxygen atoms in total. The van der Waals surface area contributed by atoms with Crippen LogP contribution < -0.4 is 5.32 Å². The van der Waals surface area contributed by atoms with E-state index in [0.29, 0.717) is 10.2 Å². The SMILES string of the molecule is CCOC(=O)C1=NS(=O)(=O)c2cc(Br)ccc2N1. The van der Waals surface area contributed by atoms with E-state index in [-0.39, 0.29) is 17.3 Å². The maximum Gasteiger partial charge on any atom is 0.375 e. The first-order valence-electron chi connectivity index (χ1n) is 5.02. The topological polar surface area (TPSA) is 84.8 Å². The molecule has 1 aliphatic heterocycles. The van der Waals surface area contributed by atoms with E-state index in [1.54, 1.807) is 19.1 Å². The lowest BCUT2D eigenvalue weighted by atomic mass is 10.3. The minimum absolute atomic E-state index is 0.0184. The van der Waals surface area contributed by atoms with Gasteiger partial charge < -0.3 is 10.1 Å². The lowest BCUT2D eigenvalue weighted by molar-refractivity contribution is -0.135. The first-order valence-corrected chi connectivity index (χ1v) is 7.26. The molecule has 1 aromatic rings. The van der Waals surface area contributed by atoms with Crippen LogP contribution in [0.25, 0.3) is 0 Å². The van der Waals surface area contributed by atoms with Gasteiger partial charge in [-0.3, -0.25) is 0 Å². The number of benzene rings is 1. The van der Waals surface area contributed by atoms with Gasteiger partial charge in [-0.05, 0) is 25.1 Å². The Labute approximate surface area is 112 Å². The molecule has 1 aliphatic rings. The maximum atomic E-state index is 11.9. The van der Waals surface area contributed by atoms with Crippen molar-refractivity contribution in [2.45, 2.75) is 11.8 Å². The molecule has 0 bridgehead atoms. The Morgan fingerprint density at radius 1 is 1.50 bits per heavy atom. The second-order valence-electron chi connectivity index (χ2n) is 3.40. The number of esters is 1. The lowest BCUT2D eigenvalue weighted by Crippen LogP contribution is -2.30. The van der Waals surface area contributed by atoms with Gasteiger partial charge >= 0.3 is 5.97 Å². The van der Waals surface area contributed by atoms with Crippen molar-refractivity contribution >= 4 is 43.4 Å². The maximum absolute atomic E-state index is 11.9. The number of halogens is 1. The number of anilines is 1. The number of ether oxygens (including phenoxy) is 1. The van der Waals surface area contributed by atoms with E-state index in [2.05, 4.69) is 25.6 Å². The van der Waals surface area contributed by atoms with Gasteiger partial charge in [-0.15, -0.1) is 4.40 Å². The third-order valence-corrected chi connectivity index (χ3v) is 3.96. The van der Waals surface area contributed by atoms with Crippen LogP contribution in [0.2, 0.25) is 0 Å². The number of nitrogens with zero attached hydrogens (tertiary/aromatic N) is 1. The van der Waals surface area contributed by atoms with Crippen LogP contribution in [0.15, 0.2) is 32.0 Å². The highest BCUT2D eigenvalue weighted by atomic mass is 79.9. The van der Waals surface area contributed by atoms with Crippen LogP contribution in [0.5, 0.6) is 0 Å². The molecule has 1 aromatic carbocycles. The third-order valence-electron chi connectivity index (χ3n) is 2.15. The van der Waals surface area contributed by atoms with E-state index < -0.39 is 16.0 Å². The summed E-state index contributed by atoms with van der Waals surface area (Å²) in [5, 5.41) is 2.64. The van der Waals surface area contributed by atoms with Crippen molar-refractivity contribution in [1.82, 2.24) is 0 Å². The van der Waals surface area contributed by atoms with Gasteiger partial charge in [0.05, 0.1) is 12.3 Å². The Bertz CT molecular complexity index is 639. The Balaban J connectivity index is 2.48. The molecule has 0 atom stereocenters. The largest absolute Gasteiger partial charge is 0.460 e. The van der Waals surface area contributed by atoms with Crippen molar-refractivity contribution < 1.29 is 17.9 Å². The average molecular weight is 333 g/mol. The molecule has 96 valence electrons. The number of rotatable bonds is 2. The molecule has 18 heavy (non-hydrogen) atoms. The summed E-state index contributed by atoms with van der Waals surface area (Å²) in [6.45, 7) is 1.77. The Morgan fingerprint density at radius 2 is 2.22 bits per heavy atom. The predicted octanol–water partition coefficient (Wildman–Crippen LogP) is 1.52. The zero-order valence-corrected chi connectivity index (χ0v) is 11.7. The second-order valence-corrected chi connectivity index (χ2v) is 5.89. The van der Waals surface area contributed by atoms with Gasteiger partial charge in [0.2, 0.25) is 5.84 Å². The van der Waals surface area contributed by atoms with E-state index in [0.717, 1.165) is 0 Å². The van der Waals surface area contributed by atoms with Gasteiger partial charge in [0.15, 0.2) is 0 Å². The van der Waals surface area contributed by atoms with E-state index >= 15 is 0 Å². The summed E-state index contributed by atoms with van der Waals surface area (Å²) < 4.78 is 32.5. The number of carbonyl (C=O) groups is 1. The number of nitrogens with one attached hydrogen (secondary N) is 1. The molecule has 8 heteroatoms. The van der Waals surface area contributed by atoms with Gasteiger partial charge in [-0.1, -0.05) is 15.9 Å². The number of carbonyl (C=O) groups excluding carboxylic acids is 1. The van der Waals surface area contributed by atoms with E-state index in [1.807, 2.05) is 0 Å². The summed E-state index contributed by atoms with van der Waals surface area (Å²) in [4.78, 5) is 11.5. The summed E-state index contributed by atoms with van der Waals surface area (Å²) in [5.74, 6) is -1.12. The molecule has 0 radical (unpaired) electrons. The summed E-state index contributed by atoms with van der Waals surface area (Å²) in [6.07, 6.45) is 0. The Kier molecular flexibility index (Phi) is 3.40. The predicted molar refractivity (Wildman–Crippen MR) is 69.0 cm³/mol. The molecule has 0 saturated carbocycles. The van der Waals surface area contributed by atoms with Crippen LogP contribution in [-0.2, 0) is 19.6 Å². The molecule has 1 heterocycles. The molecule has 1 N–H and O–H groups in total. The second kappa shape index (κ2) is 4.69. The normalized spacial score (nSPS) is 16.2. The van der Waals surface area contributed by atoms with Crippen LogP contribution in [0.1, 0.15) is 6.92 Å². The van der Waals surface area contributed by atoms with Crippen molar-refractivity contribution in [2.24, 2.45) is 4.40 Å². The highest BCUT2D eigenvalue weighted by Crippen LogP contribution is 2.30. The fourth-order valence-electron chi connectivity index (χ4n) is 1.42. The minimum Gasteiger partial charge on any atom is -0.460 e. The zero-order chi connectivity index (χ0) is 13.3. The van der Waals surface area contributed by atoms with Gasteiger partial charge in [-0.25, -0.2) is 4.79 Å². The number of hydrogen-bond donors (Lipinski definition) is 1. The summed E-state index contributed by atoms with van der Waals surface area (Å²) in [7, 11) is -3.88. The van der Waals surface area contributed by atoms with Gasteiger partial charge in [0, 0.05) is 4.47 Å². The summed E-state index contributed by atoms with van der Waals surface area (Å²) in [6, 6.07) is 4.63. The first kappa shape index (κ1) is 13.0. The van der Waals surface area contributed by atoms with E-state index in [4.69, 9.17) is 4.74 Å². The van der Waals surface area contributed by atoms with Crippen LogP contribution in [0, 0.1) is 0 Å². The molecule has 0 amide bonds. The van der Waals surface area contributed by atoms with Crippen molar-refractivity contribution in [3.63, 3.8) is 0 Å². The average Bonchev–Trinajstić information content (AvgIpc) is 2.29. The fourth-order valence-corrected chi connectivity index (χ4v) is 3.06. The first-order chi connectivity index (χ1) is 8.44. The van der Waals surface area contributed by atoms with Crippen molar-refractivity contribution in [3.05, 3.63) is 22.7 Å². The molecule has 0 unspecified atom stereocenters. The minimum atomic E-state index is -3.88. The fraction of sp³-hybridized carbons (Fsp3) is 0.200. The van der Waals surface area contributed by atoms with Gasteiger partial charge in [0.1, 0.15) is 4.90 Å². The van der Waals surface area contributed by atoms with Crippen molar-refractivity contribution in [3.8, 4) is 0 Å². The van der Waals surface area contributed by atoms with E-state index in [9.17, 15) is 13.2 Å². The highest BCUT2D eigenvalue weighted by Gasteiger charge is 2.28.